The van der Waals surface area contributed by atoms with Crippen LogP contribution in [0.5, 0.6) is 5.88 Å². The lowest BCUT2D eigenvalue weighted by atomic mass is 10.1. The summed E-state index contributed by atoms with van der Waals surface area (Å²) in [6, 6.07) is 5.98. The summed E-state index contributed by atoms with van der Waals surface area (Å²) < 4.78 is 6.95. The highest BCUT2D eigenvalue weighted by atomic mass is 79.9. The summed E-state index contributed by atoms with van der Waals surface area (Å²) in [5, 5.41) is 11.7. The third-order valence-electron chi connectivity index (χ3n) is 3.92. The van der Waals surface area contributed by atoms with Gasteiger partial charge in [-0.2, -0.15) is 5.10 Å². The van der Waals surface area contributed by atoms with Crippen LogP contribution in [0.4, 0.5) is 0 Å². The first-order valence-electron chi connectivity index (χ1n) is 7.63. The standard InChI is InChI=1S/C16H16BrN5O/c17-10-3-4-13-12(6-10)16(22-21-13)14-8-19-9-15(20-14)23-11-2-1-5-18-7-11/h3-4,6,8-9,11,18H,1-2,5,7H2,(H,21,22). The third kappa shape index (κ3) is 3.07. The Bertz CT molecular complexity index is 828. The summed E-state index contributed by atoms with van der Waals surface area (Å²) in [5.74, 6) is 0.544. The normalized spacial score (nSPS) is 18.2. The van der Waals surface area contributed by atoms with Gasteiger partial charge in [-0.05, 0) is 37.6 Å². The fraction of sp³-hybridized carbons (Fsp3) is 0.312. The van der Waals surface area contributed by atoms with Gasteiger partial charge in [-0.3, -0.25) is 10.1 Å². The molecule has 0 spiro atoms. The van der Waals surface area contributed by atoms with E-state index in [9.17, 15) is 0 Å². The molecule has 1 aliphatic rings. The van der Waals surface area contributed by atoms with Crippen LogP contribution in [0.1, 0.15) is 12.8 Å². The molecule has 1 atom stereocenters. The van der Waals surface area contributed by atoms with Crippen LogP contribution in [0.3, 0.4) is 0 Å². The van der Waals surface area contributed by atoms with Gasteiger partial charge in [0, 0.05) is 16.4 Å². The van der Waals surface area contributed by atoms with E-state index in [1.807, 2.05) is 18.2 Å². The van der Waals surface area contributed by atoms with Crippen molar-refractivity contribution in [2.24, 2.45) is 0 Å². The minimum absolute atomic E-state index is 0.151. The Morgan fingerprint density at radius 2 is 2.22 bits per heavy atom. The smallest absolute Gasteiger partial charge is 0.233 e. The van der Waals surface area contributed by atoms with E-state index in [2.05, 4.69) is 41.4 Å². The first-order chi connectivity index (χ1) is 11.3. The van der Waals surface area contributed by atoms with Gasteiger partial charge in [-0.1, -0.05) is 15.9 Å². The van der Waals surface area contributed by atoms with Crippen LogP contribution in [0, 0.1) is 0 Å². The fourth-order valence-electron chi connectivity index (χ4n) is 2.79. The summed E-state index contributed by atoms with van der Waals surface area (Å²) in [5.41, 5.74) is 2.45. The van der Waals surface area contributed by atoms with Crippen LogP contribution < -0.4 is 10.1 Å². The van der Waals surface area contributed by atoms with Crippen molar-refractivity contribution in [1.82, 2.24) is 25.5 Å². The lowest BCUT2D eigenvalue weighted by Gasteiger charge is -2.23. The summed E-state index contributed by atoms with van der Waals surface area (Å²) in [6.07, 6.45) is 5.68. The van der Waals surface area contributed by atoms with Gasteiger partial charge in [0.15, 0.2) is 0 Å². The Labute approximate surface area is 141 Å². The van der Waals surface area contributed by atoms with E-state index in [-0.39, 0.29) is 6.10 Å². The molecule has 1 aromatic carbocycles. The van der Waals surface area contributed by atoms with E-state index in [0.29, 0.717) is 11.6 Å². The largest absolute Gasteiger partial charge is 0.472 e. The quantitative estimate of drug-likeness (QED) is 0.737. The van der Waals surface area contributed by atoms with Crippen molar-refractivity contribution in [3.05, 3.63) is 35.1 Å². The molecule has 0 aliphatic carbocycles. The van der Waals surface area contributed by atoms with Crippen molar-refractivity contribution in [3.63, 3.8) is 0 Å². The number of piperidine rings is 1. The molecule has 1 unspecified atom stereocenters. The lowest BCUT2D eigenvalue weighted by Crippen LogP contribution is -2.37. The number of nitrogens with one attached hydrogen (secondary N) is 2. The van der Waals surface area contributed by atoms with Gasteiger partial charge in [0.05, 0.1) is 17.9 Å². The molecular formula is C16H16BrN5O. The van der Waals surface area contributed by atoms with Crippen molar-refractivity contribution in [3.8, 4) is 17.3 Å². The molecule has 1 fully saturated rings. The van der Waals surface area contributed by atoms with E-state index in [1.54, 1.807) is 12.4 Å². The monoisotopic (exact) mass is 373 g/mol. The van der Waals surface area contributed by atoms with Crippen LogP contribution in [0.15, 0.2) is 35.1 Å². The van der Waals surface area contributed by atoms with E-state index in [0.717, 1.165) is 47.0 Å². The highest BCUT2D eigenvalue weighted by Crippen LogP contribution is 2.28. The maximum Gasteiger partial charge on any atom is 0.233 e. The van der Waals surface area contributed by atoms with Crippen LogP contribution in [-0.4, -0.2) is 39.4 Å². The summed E-state index contributed by atoms with van der Waals surface area (Å²) >= 11 is 3.49. The molecule has 0 amide bonds. The number of rotatable bonds is 3. The predicted molar refractivity (Wildman–Crippen MR) is 91.3 cm³/mol. The highest BCUT2D eigenvalue weighted by Gasteiger charge is 2.16. The van der Waals surface area contributed by atoms with Crippen molar-refractivity contribution < 1.29 is 4.74 Å². The maximum atomic E-state index is 5.95. The lowest BCUT2D eigenvalue weighted by molar-refractivity contribution is 0.160. The first-order valence-corrected chi connectivity index (χ1v) is 8.42. The molecule has 7 heteroatoms. The van der Waals surface area contributed by atoms with Crippen LogP contribution >= 0.6 is 15.9 Å². The predicted octanol–water partition coefficient (Wildman–Crippen LogP) is 2.91. The maximum absolute atomic E-state index is 5.95. The Balaban J connectivity index is 1.65. The molecule has 2 aromatic heterocycles. The summed E-state index contributed by atoms with van der Waals surface area (Å²) in [4.78, 5) is 8.84. The molecule has 6 nitrogen and oxygen atoms in total. The molecule has 1 saturated heterocycles. The topological polar surface area (TPSA) is 75.7 Å². The van der Waals surface area contributed by atoms with E-state index in [4.69, 9.17) is 4.74 Å². The van der Waals surface area contributed by atoms with Gasteiger partial charge in [0.25, 0.3) is 0 Å². The Kier molecular flexibility index (Phi) is 3.97. The molecular weight excluding hydrogens is 358 g/mol. The molecule has 118 valence electrons. The molecule has 0 saturated carbocycles. The second-order valence-electron chi connectivity index (χ2n) is 5.59. The first kappa shape index (κ1) is 14.6. The van der Waals surface area contributed by atoms with Gasteiger partial charge in [0.2, 0.25) is 5.88 Å². The van der Waals surface area contributed by atoms with Crippen LogP contribution in [0.25, 0.3) is 22.3 Å². The average molecular weight is 374 g/mol. The molecule has 0 bridgehead atoms. The van der Waals surface area contributed by atoms with E-state index < -0.39 is 0 Å². The number of aromatic amines is 1. The van der Waals surface area contributed by atoms with Crippen LogP contribution in [0.2, 0.25) is 0 Å². The van der Waals surface area contributed by atoms with Crippen molar-refractivity contribution in [2.45, 2.75) is 18.9 Å². The molecule has 1 aliphatic heterocycles. The Morgan fingerprint density at radius 3 is 3.09 bits per heavy atom. The number of nitrogens with zero attached hydrogens (tertiary/aromatic N) is 3. The number of H-pyrrole nitrogens is 1. The SMILES string of the molecule is Brc1ccc2[nH]nc(-c3cncc(OC4CCCNC4)n3)c2c1. The fourth-order valence-corrected chi connectivity index (χ4v) is 3.15. The molecule has 4 rings (SSSR count). The number of benzene rings is 1. The third-order valence-corrected chi connectivity index (χ3v) is 4.41. The number of hydrogen-bond donors (Lipinski definition) is 2. The molecule has 3 heterocycles. The van der Waals surface area contributed by atoms with Gasteiger partial charge in [0.1, 0.15) is 17.5 Å². The molecule has 3 aromatic rings. The van der Waals surface area contributed by atoms with E-state index in [1.165, 1.54) is 0 Å². The number of hydrogen-bond acceptors (Lipinski definition) is 5. The van der Waals surface area contributed by atoms with Gasteiger partial charge in [-0.25, -0.2) is 4.98 Å². The highest BCUT2D eigenvalue weighted by molar-refractivity contribution is 9.10. The van der Waals surface area contributed by atoms with E-state index >= 15 is 0 Å². The Hall–Kier alpha value is -1.99. The average Bonchev–Trinajstić information content (AvgIpc) is 2.99. The minimum Gasteiger partial charge on any atom is -0.472 e. The number of ether oxygens (including phenoxy) is 1. The van der Waals surface area contributed by atoms with Crippen molar-refractivity contribution in [2.75, 3.05) is 13.1 Å². The second kappa shape index (κ2) is 6.25. The second-order valence-corrected chi connectivity index (χ2v) is 6.51. The zero-order valence-electron chi connectivity index (χ0n) is 12.4. The number of aromatic nitrogens is 4. The zero-order valence-corrected chi connectivity index (χ0v) is 14.0. The summed E-state index contributed by atoms with van der Waals surface area (Å²) in [7, 11) is 0. The Morgan fingerprint density at radius 1 is 1.26 bits per heavy atom. The van der Waals surface area contributed by atoms with Crippen LogP contribution in [-0.2, 0) is 0 Å². The van der Waals surface area contributed by atoms with Gasteiger partial charge < -0.3 is 10.1 Å². The summed E-state index contributed by atoms with van der Waals surface area (Å²) in [6.45, 7) is 1.91. The minimum atomic E-state index is 0.151. The zero-order chi connectivity index (χ0) is 15.6. The van der Waals surface area contributed by atoms with Gasteiger partial charge >= 0.3 is 0 Å². The molecule has 23 heavy (non-hydrogen) atoms. The van der Waals surface area contributed by atoms with Crippen molar-refractivity contribution >= 4 is 26.8 Å². The molecule has 2 N–H and O–H groups in total. The molecule has 0 radical (unpaired) electrons. The van der Waals surface area contributed by atoms with Gasteiger partial charge in [-0.15, -0.1) is 0 Å². The number of fused-ring (bicyclic) bond motifs is 1. The number of halogens is 1. The van der Waals surface area contributed by atoms with Crippen molar-refractivity contribution in [1.29, 1.82) is 0 Å².